The molecule has 2 rings (SSSR count). The van der Waals surface area contributed by atoms with E-state index in [0.29, 0.717) is 12.8 Å². The van der Waals surface area contributed by atoms with Gasteiger partial charge in [0.05, 0.1) is 25.0 Å². The van der Waals surface area contributed by atoms with E-state index in [4.69, 9.17) is 14.2 Å². The third-order valence-electron chi connectivity index (χ3n) is 4.66. The molecule has 0 heterocycles. The number of ketones is 2. The average molecular weight is 340 g/mol. The molecular weight excluding hydrogens is 316 g/mol. The Bertz CT molecular complexity index is 513. The summed E-state index contributed by atoms with van der Waals surface area (Å²) in [6.45, 7) is 3.62. The summed E-state index contributed by atoms with van der Waals surface area (Å²) in [5.74, 6) is -1.62. The van der Waals surface area contributed by atoms with E-state index in [1.54, 1.807) is 0 Å². The molecular formula is C17H24O7. The van der Waals surface area contributed by atoms with Gasteiger partial charge in [-0.3, -0.25) is 19.2 Å². The van der Waals surface area contributed by atoms with Crippen LogP contribution >= 0.6 is 0 Å². The van der Waals surface area contributed by atoms with Gasteiger partial charge < -0.3 is 14.2 Å². The van der Waals surface area contributed by atoms with Crippen molar-refractivity contribution < 1.29 is 33.4 Å². The van der Waals surface area contributed by atoms with Crippen molar-refractivity contribution in [2.45, 2.75) is 33.1 Å². The normalized spacial score (nSPS) is 27.8. The molecule has 4 atom stereocenters. The molecule has 0 aromatic rings. The molecule has 0 radical (unpaired) electrons. The Balaban J connectivity index is 1.46. The highest BCUT2D eigenvalue weighted by Gasteiger charge is 2.47. The predicted octanol–water partition coefficient (Wildman–Crippen LogP) is 0.930. The van der Waals surface area contributed by atoms with Crippen LogP contribution in [0.3, 0.4) is 0 Å². The number of carbonyl (C=O) groups excluding carboxylic acids is 4. The zero-order valence-corrected chi connectivity index (χ0v) is 14.1. The van der Waals surface area contributed by atoms with Gasteiger partial charge in [0, 0.05) is 11.8 Å². The lowest BCUT2D eigenvalue weighted by Crippen LogP contribution is -2.38. The second-order valence-corrected chi connectivity index (χ2v) is 6.41. The van der Waals surface area contributed by atoms with Gasteiger partial charge in [0.1, 0.15) is 24.8 Å². The highest BCUT2D eigenvalue weighted by atomic mass is 16.6. The van der Waals surface area contributed by atoms with Crippen molar-refractivity contribution >= 4 is 23.5 Å². The summed E-state index contributed by atoms with van der Waals surface area (Å²) in [6, 6.07) is 0. The largest absolute Gasteiger partial charge is 0.463 e. The quantitative estimate of drug-likeness (QED) is 0.431. The minimum absolute atomic E-state index is 0.0218. The van der Waals surface area contributed by atoms with Crippen LogP contribution in [0.5, 0.6) is 0 Å². The van der Waals surface area contributed by atoms with Gasteiger partial charge in [0.15, 0.2) is 0 Å². The lowest BCUT2D eigenvalue weighted by molar-refractivity contribution is -0.159. The van der Waals surface area contributed by atoms with Gasteiger partial charge in [-0.05, 0) is 33.1 Å². The van der Waals surface area contributed by atoms with Gasteiger partial charge in [-0.15, -0.1) is 0 Å². The molecule has 134 valence electrons. The van der Waals surface area contributed by atoms with Gasteiger partial charge in [0.25, 0.3) is 0 Å². The van der Waals surface area contributed by atoms with Crippen LogP contribution in [-0.2, 0) is 33.4 Å². The molecule has 0 unspecified atom stereocenters. The summed E-state index contributed by atoms with van der Waals surface area (Å²) in [6.07, 6.45) is 2.03. The number of ether oxygens (including phenoxy) is 3. The zero-order valence-electron chi connectivity index (χ0n) is 14.1. The van der Waals surface area contributed by atoms with Crippen LogP contribution in [0.2, 0.25) is 0 Å². The molecule has 2 saturated carbocycles. The lowest BCUT2D eigenvalue weighted by atomic mass is 9.72. The molecule has 2 fully saturated rings. The van der Waals surface area contributed by atoms with E-state index in [-0.39, 0.29) is 73.6 Å². The molecule has 0 N–H and O–H groups in total. The SMILES string of the molecule is CC(=O)[C@H]1C[C@H]1C(=O)OCCOCCOC(=O)[C@H]1CC[C@H]1C(C)=O. The lowest BCUT2D eigenvalue weighted by Gasteiger charge is -2.32. The third kappa shape index (κ3) is 4.87. The van der Waals surface area contributed by atoms with E-state index in [1.165, 1.54) is 13.8 Å². The van der Waals surface area contributed by atoms with Gasteiger partial charge in [-0.25, -0.2) is 0 Å². The Hall–Kier alpha value is -1.76. The fourth-order valence-corrected chi connectivity index (χ4v) is 2.89. The van der Waals surface area contributed by atoms with E-state index in [0.717, 1.165) is 6.42 Å². The van der Waals surface area contributed by atoms with Crippen molar-refractivity contribution in [1.29, 1.82) is 0 Å². The Kier molecular flexibility index (Phi) is 6.48. The number of rotatable bonds is 10. The first-order chi connectivity index (χ1) is 11.4. The van der Waals surface area contributed by atoms with Crippen molar-refractivity contribution in [2.75, 3.05) is 26.4 Å². The standard InChI is InChI=1S/C17H24O7/c1-10(18)12-3-4-13(12)16(20)23-7-5-22-6-8-24-17(21)15-9-14(15)11(2)19/h12-15H,3-9H2,1-2H3/t12-,13-,14+,15+/m0/s1. The second kappa shape index (κ2) is 8.37. The summed E-state index contributed by atoms with van der Waals surface area (Å²) < 4.78 is 15.3. The van der Waals surface area contributed by atoms with Crippen LogP contribution in [0.25, 0.3) is 0 Å². The van der Waals surface area contributed by atoms with Gasteiger partial charge in [-0.2, -0.15) is 0 Å². The van der Waals surface area contributed by atoms with Crippen molar-refractivity contribution in [2.24, 2.45) is 23.7 Å². The van der Waals surface area contributed by atoms with Crippen LogP contribution in [0, 0.1) is 23.7 Å². The van der Waals surface area contributed by atoms with Crippen molar-refractivity contribution in [3.05, 3.63) is 0 Å². The number of carbonyl (C=O) groups is 4. The number of hydrogen-bond acceptors (Lipinski definition) is 7. The summed E-state index contributed by atoms with van der Waals surface area (Å²) >= 11 is 0. The fourth-order valence-electron chi connectivity index (χ4n) is 2.89. The first kappa shape index (κ1) is 18.6. The average Bonchev–Trinajstić information content (AvgIpc) is 3.24. The number of Topliss-reactive ketones (excluding diaryl/α,β-unsaturated/α-hetero) is 2. The number of hydrogen-bond donors (Lipinski definition) is 0. The molecule has 0 aliphatic heterocycles. The van der Waals surface area contributed by atoms with Crippen LogP contribution in [0.1, 0.15) is 33.1 Å². The fraction of sp³-hybridized carbons (Fsp3) is 0.765. The van der Waals surface area contributed by atoms with Gasteiger partial charge >= 0.3 is 11.9 Å². The minimum Gasteiger partial charge on any atom is -0.463 e. The maximum atomic E-state index is 11.8. The molecule has 0 aromatic heterocycles. The molecule has 0 spiro atoms. The van der Waals surface area contributed by atoms with Crippen LogP contribution < -0.4 is 0 Å². The molecule has 0 amide bonds. The molecule has 24 heavy (non-hydrogen) atoms. The topological polar surface area (TPSA) is 96.0 Å². The highest BCUT2D eigenvalue weighted by Crippen LogP contribution is 2.40. The molecule has 0 aromatic carbocycles. The second-order valence-electron chi connectivity index (χ2n) is 6.41. The maximum absolute atomic E-state index is 11.8. The van der Waals surface area contributed by atoms with Crippen molar-refractivity contribution in [3.63, 3.8) is 0 Å². The van der Waals surface area contributed by atoms with Gasteiger partial charge in [0.2, 0.25) is 0 Å². The zero-order chi connectivity index (χ0) is 17.7. The Morgan fingerprint density at radius 3 is 1.62 bits per heavy atom. The smallest absolute Gasteiger partial charge is 0.309 e. The van der Waals surface area contributed by atoms with Crippen molar-refractivity contribution in [3.8, 4) is 0 Å². The molecule has 7 heteroatoms. The first-order valence-electron chi connectivity index (χ1n) is 8.33. The molecule has 7 nitrogen and oxygen atoms in total. The van der Waals surface area contributed by atoms with E-state index in [1.807, 2.05) is 0 Å². The molecule has 0 saturated heterocycles. The monoisotopic (exact) mass is 340 g/mol. The summed E-state index contributed by atoms with van der Waals surface area (Å²) in [5, 5.41) is 0. The number of esters is 2. The summed E-state index contributed by atoms with van der Waals surface area (Å²) in [7, 11) is 0. The van der Waals surface area contributed by atoms with E-state index in [9.17, 15) is 19.2 Å². The van der Waals surface area contributed by atoms with Crippen LogP contribution in [0.4, 0.5) is 0 Å². The minimum atomic E-state index is -0.356. The first-order valence-corrected chi connectivity index (χ1v) is 8.33. The van der Waals surface area contributed by atoms with Gasteiger partial charge in [-0.1, -0.05) is 0 Å². The van der Waals surface area contributed by atoms with Crippen LogP contribution in [-0.4, -0.2) is 49.9 Å². The molecule has 0 bridgehead atoms. The summed E-state index contributed by atoms with van der Waals surface area (Å²) in [4.78, 5) is 45.7. The Morgan fingerprint density at radius 1 is 0.708 bits per heavy atom. The molecule has 2 aliphatic carbocycles. The highest BCUT2D eigenvalue weighted by molar-refractivity contribution is 5.90. The van der Waals surface area contributed by atoms with E-state index >= 15 is 0 Å². The Labute approximate surface area is 141 Å². The van der Waals surface area contributed by atoms with Crippen LogP contribution in [0.15, 0.2) is 0 Å². The summed E-state index contributed by atoms with van der Waals surface area (Å²) in [5.41, 5.74) is 0. The molecule has 2 aliphatic rings. The van der Waals surface area contributed by atoms with E-state index < -0.39 is 0 Å². The van der Waals surface area contributed by atoms with Crippen molar-refractivity contribution in [1.82, 2.24) is 0 Å². The maximum Gasteiger partial charge on any atom is 0.309 e. The third-order valence-corrected chi connectivity index (χ3v) is 4.66. The van der Waals surface area contributed by atoms with E-state index in [2.05, 4.69) is 0 Å². The predicted molar refractivity (Wildman–Crippen MR) is 81.9 cm³/mol. The Morgan fingerprint density at radius 2 is 1.21 bits per heavy atom.